The highest BCUT2D eigenvalue weighted by molar-refractivity contribution is 5.59. The van der Waals surface area contributed by atoms with Crippen molar-refractivity contribution in [3.8, 4) is 0 Å². The lowest BCUT2D eigenvalue weighted by Gasteiger charge is -2.03. The van der Waals surface area contributed by atoms with E-state index in [-0.39, 0.29) is 0 Å². The molecule has 0 saturated heterocycles. The van der Waals surface area contributed by atoms with E-state index in [1.165, 1.54) is 12.1 Å². The molecule has 0 amide bonds. The van der Waals surface area contributed by atoms with Gasteiger partial charge in [-0.15, -0.1) is 0 Å². The quantitative estimate of drug-likeness (QED) is 0.549. The molecule has 0 radical (unpaired) electrons. The lowest BCUT2D eigenvalue weighted by Crippen LogP contribution is -2.35. The van der Waals surface area contributed by atoms with E-state index in [2.05, 4.69) is 0 Å². The number of nitro benzene ring substituents is 1. The highest BCUT2D eigenvalue weighted by Crippen LogP contribution is 2.27. The summed E-state index contributed by atoms with van der Waals surface area (Å²) >= 11 is 0. The van der Waals surface area contributed by atoms with E-state index in [1.807, 2.05) is 0 Å². The normalized spacial score (nSPS) is 9.50. The summed E-state index contributed by atoms with van der Waals surface area (Å²) in [4.78, 5) is 30.3. The van der Waals surface area contributed by atoms with Gasteiger partial charge in [-0.3, -0.25) is 10.1 Å². The first kappa shape index (κ1) is 11.3. The van der Waals surface area contributed by atoms with Crippen molar-refractivity contribution in [2.24, 2.45) is 0 Å². The van der Waals surface area contributed by atoms with Crippen molar-refractivity contribution in [3.63, 3.8) is 0 Å². The number of hydrogen-bond acceptors (Lipinski definition) is 6. The predicted octanol–water partition coefficient (Wildman–Crippen LogP) is 0.785. The molecular weight excluding hydrogens is 224 g/mol. The maximum Gasteiger partial charge on any atom is 0.305 e. The van der Waals surface area contributed by atoms with E-state index < -0.39 is 31.5 Å². The molecule has 0 bridgehead atoms. The topological polar surface area (TPSA) is 133 Å². The summed E-state index contributed by atoms with van der Waals surface area (Å²) in [5.74, 6) is 0. The lowest BCUT2D eigenvalue weighted by atomic mass is 10.3. The number of benzene rings is 1. The van der Waals surface area contributed by atoms with Gasteiger partial charge in [-0.05, 0) is 6.07 Å². The summed E-state index contributed by atoms with van der Waals surface area (Å²) in [5.41, 5.74) is -1.42. The number of para-hydroxylation sites is 2. The fourth-order valence-corrected chi connectivity index (χ4v) is 1.02. The Morgan fingerprint density at radius 2 is 1.44 bits per heavy atom. The Morgan fingerprint density at radius 1 is 0.938 bits per heavy atom. The SMILES string of the molecule is O=[N+]([O-])c1ccccc1N([N+](=O)[O-])[N+](=O)[O-]. The Hall–Kier alpha value is -2.78. The summed E-state index contributed by atoms with van der Waals surface area (Å²) < 4.78 is 0. The molecule has 1 aromatic rings. The minimum atomic E-state index is -1.34. The summed E-state index contributed by atoms with van der Waals surface area (Å²) in [7, 11) is 0. The van der Waals surface area contributed by atoms with Crippen LogP contribution in [0.15, 0.2) is 24.3 Å². The Labute approximate surface area is 87.1 Å². The largest absolute Gasteiger partial charge is 0.305 e. The van der Waals surface area contributed by atoms with Crippen LogP contribution in [0.5, 0.6) is 0 Å². The first-order chi connectivity index (χ1) is 7.45. The smallest absolute Gasteiger partial charge is 0.258 e. The van der Waals surface area contributed by atoms with Crippen molar-refractivity contribution < 1.29 is 15.0 Å². The second kappa shape index (κ2) is 4.16. The van der Waals surface area contributed by atoms with Gasteiger partial charge in [0.2, 0.25) is 15.2 Å². The Balaban J connectivity index is 3.35. The molecular formula is C6H4N4O6. The van der Waals surface area contributed by atoms with E-state index in [0.717, 1.165) is 12.1 Å². The van der Waals surface area contributed by atoms with Crippen LogP contribution in [-0.2, 0) is 0 Å². The van der Waals surface area contributed by atoms with Crippen LogP contribution in [0.1, 0.15) is 0 Å². The molecule has 0 N–H and O–H groups in total. The van der Waals surface area contributed by atoms with Gasteiger partial charge in [-0.2, -0.15) is 0 Å². The molecule has 0 spiro atoms. The number of nitrogens with zero attached hydrogens (tertiary/aromatic N) is 4. The molecule has 0 heterocycles. The second-order valence-corrected chi connectivity index (χ2v) is 2.51. The molecule has 1 rings (SSSR count). The molecule has 0 aromatic heterocycles. The highest BCUT2D eigenvalue weighted by Gasteiger charge is 2.36. The number of hydrogen-bond donors (Lipinski definition) is 0. The van der Waals surface area contributed by atoms with Gasteiger partial charge in [0.15, 0.2) is 0 Å². The Morgan fingerprint density at radius 3 is 1.88 bits per heavy atom. The van der Waals surface area contributed by atoms with E-state index in [1.54, 1.807) is 0 Å². The second-order valence-electron chi connectivity index (χ2n) is 2.51. The monoisotopic (exact) mass is 228 g/mol. The van der Waals surface area contributed by atoms with Crippen LogP contribution in [-0.4, -0.2) is 15.0 Å². The minimum absolute atomic E-state index is 0.502. The van der Waals surface area contributed by atoms with E-state index in [9.17, 15) is 30.3 Å². The van der Waals surface area contributed by atoms with Gasteiger partial charge < -0.3 is 0 Å². The number of nitro groups is 3. The van der Waals surface area contributed by atoms with Crippen LogP contribution >= 0.6 is 0 Å². The molecule has 84 valence electrons. The van der Waals surface area contributed by atoms with Gasteiger partial charge in [0, 0.05) is 6.07 Å². The average molecular weight is 228 g/mol. The first-order valence-electron chi connectivity index (χ1n) is 3.77. The van der Waals surface area contributed by atoms with Gasteiger partial charge in [-0.1, -0.05) is 12.1 Å². The van der Waals surface area contributed by atoms with Crippen LogP contribution in [0.3, 0.4) is 0 Å². The third kappa shape index (κ3) is 2.00. The fourth-order valence-electron chi connectivity index (χ4n) is 1.02. The third-order valence-electron chi connectivity index (χ3n) is 1.60. The maximum atomic E-state index is 10.5. The van der Waals surface area contributed by atoms with Crippen LogP contribution in [0.25, 0.3) is 0 Å². The molecule has 0 aliphatic rings. The molecule has 0 aliphatic carbocycles. The van der Waals surface area contributed by atoms with Crippen LogP contribution in [0.2, 0.25) is 0 Å². The van der Waals surface area contributed by atoms with Gasteiger partial charge >= 0.3 is 5.69 Å². The molecule has 0 unspecified atom stereocenters. The lowest BCUT2D eigenvalue weighted by molar-refractivity contribution is -0.712. The van der Waals surface area contributed by atoms with Crippen molar-refractivity contribution in [1.82, 2.24) is 0 Å². The van der Waals surface area contributed by atoms with Crippen LogP contribution in [0, 0.1) is 30.3 Å². The molecule has 0 atom stereocenters. The van der Waals surface area contributed by atoms with Crippen molar-refractivity contribution in [2.45, 2.75) is 0 Å². The number of hydrazine groups is 2. The third-order valence-corrected chi connectivity index (χ3v) is 1.60. The molecule has 0 aliphatic heterocycles. The predicted molar refractivity (Wildman–Crippen MR) is 49.6 cm³/mol. The summed E-state index contributed by atoms with van der Waals surface area (Å²) in [5, 5.41) is 28.1. The maximum absolute atomic E-state index is 10.5. The first-order valence-corrected chi connectivity index (χ1v) is 3.77. The van der Waals surface area contributed by atoms with Crippen molar-refractivity contribution >= 4 is 11.4 Å². The fraction of sp³-hybridized carbons (Fsp3) is 0. The summed E-state index contributed by atoms with van der Waals surface area (Å²) in [6.45, 7) is 0. The van der Waals surface area contributed by atoms with Crippen LogP contribution in [0.4, 0.5) is 11.4 Å². The number of anilines is 1. The van der Waals surface area contributed by atoms with Crippen molar-refractivity contribution in [2.75, 3.05) is 5.12 Å². The Kier molecular flexibility index (Phi) is 2.94. The van der Waals surface area contributed by atoms with Gasteiger partial charge in [0.05, 0.1) is 4.92 Å². The molecule has 10 nitrogen and oxygen atoms in total. The van der Waals surface area contributed by atoms with Gasteiger partial charge in [0.1, 0.15) is 0 Å². The zero-order valence-corrected chi connectivity index (χ0v) is 7.55. The van der Waals surface area contributed by atoms with Crippen molar-refractivity contribution in [1.29, 1.82) is 0 Å². The van der Waals surface area contributed by atoms with Crippen molar-refractivity contribution in [3.05, 3.63) is 54.6 Å². The van der Waals surface area contributed by atoms with E-state index in [4.69, 9.17) is 0 Å². The van der Waals surface area contributed by atoms with Crippen LogP contribution < -0.4 is 5.12 Å². The molecule has 1 aromatic carbocycles. The van der Waals surface area contributed by atoms with Gasteiger partial charge in [-0.25, -0.2) is 20.2 Å². The summed E-state index contributed by atoms with van der Waals surface area (Å²) in [6.07, 6.45) is 0. The molecule has 0 fully saturated rings. The van der Waals surface area contributed by atoms with Gasteiger partial charge in [0.25, 0.3) is 5.69 Å². The minimum Gasteiger partial charge on any atom is -0.258 e. The Bertz CT molecular complexity index is 446. The average Bonchev–Trinajstić information content (AvgIpc) is 2.17. The number of rotatable bonds is 4. The zero-order valence-electron chi connectivity index (χ0n) is 7.55. The van der Waals surface area contributed by atoms with E-state index >= 15 is 0 Å². The zero-order chi connectivity index (χ0) is 12.3. The standard InChI is InChI=1S/C6H4N4O6/c11-8(12)6-4-2-1-3-5(6)7(9(13)14)10(15)16/h1-4H. The molecule has 0 saturated carbocycles. The summed E-state index contributed by atoms with van der Waals surface area (Å²) in [6, 6.07) is 4.33. The molecule has 10 heteroatoms. The molecule has 16 heavy (non-hydrogen) atoms. The van der Waals surface area contributed by atoms with E-state index in [0.29, 0.717) is 0 Å². The highest BCUT2D eigenvalue weighted by atomic mass is 16.8.